The van der Waals surface area contributed by atoms with E-state index >= 15 is 0 Å². The minimum absolute atomic E-state index is 0.257. The Balaban J connectivity index is 1.59. The van der Waals surface area contributed by atoms with Crippen LogP contribution in [0.2, 0.25) is 0 Å². The first-order valence-electron chi connectivity index (χ1n) is 13.0. The van der Waals surface area contributed by atoms with Gasteiger partial charge in [-0.15, -0.1) is 9.81 Å². The maximum absolute atomic E-state index is 12.5. The number of likely N-dealkylation sites (N-methyl/N-ethyl adjacent to an activating group) is 1. The lowest BCUT2D eigenvalue weighted by molar-refractivity contribution is 0.454. The number of fused-ring (bicyclic) bond motifs is 1. The second-order valence-electron chi connectivity index (χ2n) is 9.61. The maximum Gasteiger partial charge on any atom is 0.460 e. The van der Waals surface area contributed by atoms with E-state index in [1.54, 1.807) is 24.2 Å². The predicted molar refractivity (Wildman–Crippen MR) is 165 cm³/mol. The molecule has 3 aliphatic rings. The average molecular weight is 627 g/mol. The van der Waals surface area contributed by atoms with E-state index in [4.69, 9.17) is 9.97 Å². The SMILES string of the molecule is CN1C=C(c2nc(NCc3ccccn3)c3c(n2)=CCCC=3C2=CC=CCC2)C=C(SN(P(O)O)P(=O)(N=O)N=O)C1. The summed E-state index contributed by atoms with van der Waals surface area (Å²) in [5.74, 6) is 1.07. The van der Waals surface area contributed by atoms with Gasteiger partial charge in [0.25, 0.3) is 8.53 Å². The van der Waals surface area contributed by atoms with Gasteiger partial charge in [-0.25, -0.2) is 14.5 Å². The van der Waals surface area contributed by atoms with Crippen LogP contribution in [0, 0.1) is 9.81 Å². The molecule has 2 aromatic heterocycles. The average Bonchev–Trinajstić information content (AvgIpc) is 3.02. The second kappa shape index (κ2) is 13.3. The van der Waals surface area contributed by atoms with Crippen LogP contribution in [0.1, 0.15) is 37.2 Å². The summed E-state index contributed by atoms with van der Waals surface area (Å²) >= 11 is 0.577. The van der Waals surface area contributed by atoms with Gasteiger partial charge < -0.3 is 20.0 Å². The van der Waals surface area contributed by atoms with Gasteiger partial charge in [0.05, 0.1) is 17.6 Å². The van der Waals surface area contributed by atoms with Gasteiger partial charge in [-0.1, -0.05) is 34.2 Å². The third kappa shape index (κ3) is 6.64. The first-order chi connectivity index (χ1) is 20.3. The standard InChI is InChI=1S/C26H28N8O5P2S/c1-33-16-19(14-21(17-33)42-34(40(37)38)41(39,31-35)32-36)25-29-23-12-7-11-22(18-8-3-2-4-9-18)24(23)26(30-25)28-15-20-10-5-6-13-27-20/h2-3,5-6,8,10,12-14,16,37-38H,4,7,9,11,15,17H2,1H3,(H,28,29,30). The summed E-state index contributed by atoms with van der Waals surface area (Å²) in [4.78, 5) is 62.9. The molecule has 0 amide bonds. The number of hydrogen-bond acceptors (Lipinski definition) is 11. The Morgan fingerprint density at radius 2 is 2.02 bits per heavy atom. The zero-order valence-corrected chi connectivity index (χ0v) is 25.2. The Kier molecular flexibility index (Phi) is 9.52. The smallest absolute Gasteiger partial charge is 0.375 e. The van der Waals surface area contributed by atoms with Crippen molar-refractivity contribution in [1.82, 2.24) is 23.7 Å². The van der Waals surface area contributed by atoms with Crippen molar-refractivity contribution in [2.45, 2.75) is 32.2 Å². The lowest BCUT2D eigenvalue weighted by Crippen LogP contribution is -2.38. The molecule has 0 fully saturated rings. The first kappa shape index (κ1) is 30.1. The van der Waals surface area contributed by atoms with Gasteiger partial charge in [-0.3, -0.25) is 4.98 Å². The largest absolute Gasteiger partial charge is 0.460 e. The number of anilines is 1. The predicted octanol–water partition coefficient (Wildman–Crippen LogP) is 4.46. The molecule has 0 saturated heterocycles. The van der Waals surface area contributed by atoms with Crippen LogP contribution in [0.3, 0.4) is 0 Å². The minimum atomic E-state index is -4.79. The summed E-state index contributed by atoms with van der Waals surface area (Å²) < 4.78 is 12.8. The van der Waals surface area contributed by atoms with Crippen LogP contribution in [0.25, 0.3) is 17.2 Å². The molecule has 0 saturated carbocycles. The van der Waals surface area contributed by atoms with Crippen LogP contribution in [-0.4, -0.2) is 47.1 Å². The quantitative estimate of drug-likeness (QED) is 0.182. The number of aromatic nitrogens is 3. The molecular weight excluding hydrogens is 598 g/mol. The molecule has 0 spiro atoms. The topological polar surface area (TPSA) is 174 Å². The Morgan fingerprint density at radius 3 is 2.71 bits per heavy atom. The summed E-state index contributed by atoms with van der Waals surface area (Å²) in [7, 11) is -6.12. The Morgan fingerprint density at radius 1 is 1.19 bits per heavy atom. The van der Waals surface area contributed by atoms with Crippen LogP contribution < -0.4 is 15.9 Å². The van der Waals surface area contributed by atoms with Gasteiger partial charge in [0, 0.05) is 51.6 Å². The van der Waals surface area contributed by atoms with Crippen LogP contribution in [-0.2, 0) is 11.1 Å². The van der Waals surface area contributed by atoms with Crippen molar-refractivity contribution in [1.29, 1.82) is 0 Å². The third-order valence-electron chi connectivity index (χ3n) is 6.66. The number of nitrogens with one attached hydrogen (secondary N) is 1. The number of rotatable bonds is 11. The van der Waals surface area contributed by atoms with Crippen LogP contribution in [0.4, 0.5) is 5.82 Å². The van der Waals surface area contributed by atoms with E-state index in [1.165, 1.54) is 11.1 Å². The van der Waals surface area contributed by atoms with Gasteiger partial charge in [0.15, 0.2) is 5.82 Å². The summed E-state index contributed by atoms with van der Waals surface area (Å²) in [6, 6.07) is 5.72. The zero-order chi connectivity index (χ0) is 29.7. The van der Waals surface area contributed by atoms with E-state index in [0.717, 1.165) is 41.9 Å². The zero-order valence-electron chi connectivity index (χ0n) is 22.6. The van der Waals surface area contributed by atoms with Crippen molar-refractivity contribution in [2.24, 2.45) is 9.89 Å². The highest BCUT2D eigenvalue weighted by molar-refractivity contribution is 8.09. The molecule has 13 nitrogen and oxygen atoms in total. The van der Waals surface area contributed by atoms with Crippen LogP contribution in [0.15, 0.2) is 75.3 Å². The molecule has 2 aromatic rings. The molecule has 0 bridgehead atoms. The van der Waals surface area contributed by atoms with Crippen molar-refractivity contribution in [3.63, 3.8) is 0 Å². The fourth-order valence-corrected chi connectivity index (χ4v) is 8.21. The summed E-state index contributed by atoms with van der Waals surface area (Å²) in [5.41, 5.74) is 3.91. The second-order valence-corrected chi connectivity index (χ2v) is 14.2. The summed E-state index contributed by atoms with van der Waals surface area (Å²) in [5, 5.41) is 5.23. The fraction of sp³-hybridized carbons (Fsp3) is 0.269. The fourth-order valence-electron chi connectivity index (χ4n) is 4.85. The number of allylic oxidation sites excluding steroid dienone is 6. The third-order valence-corrected chi connectivity index (χ3v) is 11.2. The van der Waals surface area contributed by atoms with E-state index in [1.807, 2.05) is 24.4 Å². The number of nitrogens with zero attached hydrogens (tertiary/aromatic N) is 7. The first-order valence-corrected chi connectivity index (χ1v) is 16.6. The number of nitroso groups, excluding NO2 is 2. The van der Waals surface area contributed by atoms with Gasteiger partial charge in [-0.2, -0.15) is 0 Å². The van der Waals surface area contributed by atoms with Crippen molar-refractivity contribution in [3.05, 3.63) is 97.3 Å². The molecule has 0 unspecified atom stereocenters. The molecule has 218 valence electrons. The molecule has 0 radical (unpaired) electrons. The van der Waals surface area contributed by atoms with Crippen LogP contribution >= 0.6 is 28.1 Å². The molecule has 3 heterocycles. The van der Waals surface area contributed by atoms with Crippen LogP contribution in [0.5, 0.6) is 0 Å². The monoisotopic (exact) mass is 626 g/mol. The maximum atomic E-state index is 12.5. The minimum Gasteiger partial charge on any atom is -0.375 e. The lowest BCUT2D eigenvalue weighted by Gasteiger charge is -2.27. The van der Waals surface area contributed by atoms with E-state index in [2.05, 4.69) is 44.5 Å². The molecule has 0 atom stereocenters. The highest BCUT2D eigenvalue weighted by Gasteiger charge is 2.41. The van der Waals surface area contributed by atoms with E-state index in [-0.39, 0.29) is 6.54 Å². The molecule has 3 N–H and O–H groups in total. The van der Waals surface area contributed by atoms with Crippen molar-refractivity contribution in [2.75, 3.05) is 18.9 Å². The lowest BCUT2D eigenvalue weighted by atomic mass is 9.90. The summed E-state index contributed by atoms with van der Waals surface area (Å²) in [6.45, 7) is 0.705. The van der Waals surface area contributed by atoms with E-state index in [0.29, 0.717) is 44.5 Å². The molecule has 16 heteroatoms. The highest BCUT2D eigenvalue weighted by Crippen LogP contribution is 2.66. The summed E-state index contributed by atoms with van der Waals surface area (Å²) in [6.07, 6.45) is 17.3. The Hall–Kier alpha value is -3.38. The normalized spacial score (nSPS) is 16.8. The Bertz CT molecular complexity index is 1670. The highest BCUT2D eigenvalue weighted by atomic mass is 32.2. The van der Waals surface area contributed by atoms with Crippen molar-refractivity contribution < 1.29 is 14.4 Å². The van der Waals surface area contributed by atoms with Gasteiger partial charge in [-0.05, 0) is 67.0 Å². The molecule has 5 rings (SSSR count). The van der Waals surface area contributed by atoms with Gasteiger partial charge in [0.2, 0.25) is 0 Å². The Labute approximate surface area is 247 Å². The van der Waals surface area contributed by atoms with Gasteiger partial charge >= 0.3 is 7.59 Å². The molecule has 0 aromatic carbocycles. The van der Waals surface area contributed by atoms with Crippen molar-refractivity contribution in [3.8, 4) is 0 Å². The van der Waals surface area contributed by atoms with Crippen molar-refractivity contribution >= 4 is 51.1 Å². The molecule has 42 heavy (non-hydrogen) atoms. The number of pyridine rings is 1. The molecule has 1 aliphatic heterocycles. The number of hydrogen-bond donors (Lipinski definition) is 3. The van der Waals surface area contributed by atoms with E-state index in [9.17, 15) is 24.2 Å². The molecule has 2 aliphatic carbocycles. The van der Waals surface area contributed by atoms with Gasteiger partial charge in [0.1, 0.15) is 5.82 Å². The van der Waals surface area contributed by atoms with E-state index < -0.39 is 16.1 Å². The molecular formula is C26H28N8O5P2S.